The lowest BCUT2D eigenvalue weighted by Gasteiger charge is -2.10. The van der Waals surface area contributed by atoms with Gasteiger partial charge in [0.05, 0.1) is 0 Å². The van der Waals surface area contributed by atoms with E-state index >= 15 is 0 Å². The molecule has 2 nitrogen and oxygen atoms in total. The van der Waals surface area contributed by atoms with Crippen molar-refractivity contribution in [1.82, 2.24) is 6.15 Å². The van der Waals surface area contributed by atoms with E-state index in [1.807, 2.05) is 0 Å². The molecule has 0 aromatic carbocycles. The van der Waals surface area contributed by atoms with Crippen LogP contribution in [0.5, 0.6) is 0 Å². The predicted octanol–water partition coefficient (Wildman–Crippen LogP) is 5.87. The fraction of sp³-hybridized carbons (Fsp3) is 1.00. The van der Waals surface area contributed by atoms with Crippen molar-refractivity contribution < 1.29 is 5.11 Å². The molecule has 2 heteroatoms. The Bertz CT molecular complexity index is 150. The van der Waals surface area contributed by atoms with Gasteiger partial charge in [-0.1, -0.05) is 90.9 Å². The van der Waals surface area contributed by atoms with E-state index in [4.69, 9.17) is 5.11 Å². The summed E-state index contributed by atoms with van der Waals surface area (Å²) >= 11 is 0. The van der Waals surface area contributed by atoms with E-state index in [1.54, 1.807) is 0 Å². The average Bonchev–Trinajstić information content (AvgIpc) is 2.37. The Labute approximate surface area is 122 Å². The molecule has 0 aliphatic heterocycles. The summed E-state index contributed by atoms with van der Waals surface area (Å²) in [6.07, 6.45) is 17.7. The minimum Gasteiger partial charge on any atom is -0.396 e. The van der Waals surface area contributed by atoms with E-state index in [1.165, 1.54) is 77.0 Å². The predicted molar refractivity (Wildman–Crippen MR) is 87.0 cm³/mol. The van der Waals surface area contributed by atoms with Crippen molar-refractivity contribution in [2.45, 2.75) is 97.3 Å². The molecule has 0 bridgehead atoms. The van der Waals surface area contributed by atoms with Crippen molar-refractivity contribution in [2.75, 3.05) is 6.61 Å². The lowest BCUT2D eigenvalue weighted by molar-refractivity contribution is 0.281. The Morgan fingerprint density at radius 2 is 1.11 bits per heavy atom. The topological polar surface area (TPSA) is 55.2 Å². The highest BCUT2D eigenvalue weighted by molar-refractivity contribution is 4.55. The second-order valence-electron chi connectivity index (χ2n) is 5.94. The maximum absolute atomic E-state index is 8.70. The van der Waals surface area contributed by atoms with Gasteiger partial charge in [-0.25, -0.2) is 0 Å². The van der Waals surface area contributed by atoms with Gasteiger partial charge in [0.1, 0.15) is 0 Å². The minimum absolute atomic E-state index is 0. The normalized spacial score (nSPS) is 12.2. The van der Waals surface area contributed by atoms with Crippen LogP contribution < -0.4 is 6.15 Å². The maximum Gasteiger partial charge on any atom is 0.0431 e. The van der Waals surface area contributed by atoms with Gasteiger partial charge in [-0.15, -0.1) is 0 Å². The average molecular weight is 274 g/mol. The van der Waals surface area contributed by atoms with Crippen molar-refractivity contribution in [1.29, 1.82) is 0 Å². The molecule has 0 aliphatic carbocycles. The monoisotopic (exact) mass is 273 g/mol. The highest BCUT2D eigenvalue weighted by atomic mass is 16.2. The first kappa shape index (κ1) is 21.2. The van der Waals surface area contributed by atoms with Crippen LogP contribution in [0, 0.1) is 5.92 Å². The number of unbranched alkanes of at least 4 members (excludes halogenated alkanes) is 9. The zero-order valence-electron chi connectivity index (χ0n) is 13.6. The summed E-state index contributed by atoms with van der Waals surface area (Å²) in [6, 6.07) is 0. The van der Waals surface area contributed by atoms with Crippen LogP contribution in [0.15, 0.2) is 0 Å². The van der Waals surface area contributed by atoms with Crippen molar-refractivity contribution in [2.24, 2.45) is 5.92 Å². The number of hydrogen-bond acceptors (Lipinski definition) is 2. The van der Waals surface area contributed by atoms with Crippen LogP contribution in [0.2, 0.25) is 0 Å². The minimum atomic E-state index is 0. The molecule has 0 spiro atoms. The molecule has 0 amide bonds. The molecule has 0 saturated carbocycles. The summed E-state index contributed by atoms with van der Waals surface area (Å²) in [7, 11) is 0. The first-order valence-electron chi connectivity index (χ1n) is 8.42. The third-order valence-corrected chi connectivity index (χ3v) is 3.91. The highest BCUT2D eigenvalue weighted by Gasteiger charge is 2.01. The third kappa shape index (κ3) is 17.9. The Kier molecular flexibility index (Phi) is 20.0. The first-order valence-corrected chi connectivity index (χ1v) is 8.42. The van der Waals surface area contributed by atoms with Crippen LogP contribution in [-0.2, 0) is 0 Å². The molecule has 0 fully saturated rings. The zero-order valence-corrected chi connectivity index (χ0v) is 13.6. The van der Waals surface area contributed by atoms with E-state index < -0.39 is 0 Å². The largest absolute Gasteiger partial charge is 0.396 e. The first-order chi connectivity index (χ1) is 8.81. The maximum atomic E-state index is 8.70. The molecule has 1 atom stereocenters. The van der Waals surface area contributed by atoms with Gasteiger partial charge in [0.15, 0.2) is 0 Å². The lowest BCUT2D eigenvalue weighted by atomic mass is 9.96. The second kappa shape index (κ2) is 17.9. The van der Waals surface area contributed by atoms with E-state index in [0.717, 1.165) is 12.3 Å². The quantitative estimate of drug-likeness (QED) is 0.389. The Morgan fingerprint density at radius 1 is 0.684 bits per heavy atom. The number of rotatable bonds is 14. The Morgan fingerprint density at radius 3 is 1.58 bits per heavy atom. The molecule has 0 saturated heterocycles. The fourth-order valence-corrected chi connectivity index (χ4v) is 2.55. The molecule has 0 heterocycles. The SMILES string of the molecule is CCCCCCCCCC(C)CCCCCCO.N. The van der Waals surface area contributed by atoms with Crippen molar-refractivity contribution in [3.63, 3.8) is 0 Å². The summed E-state index contributed by atoms with van der Waals surface area (Å²) in [4.78, 5) is 0. The van der Waals surface area contributed by atoms with E-state index in [2.05, 4.69) is 13.8 Å². The molecular formula is C17H39NO. The van der Waals surface area contributed by atoms with E-state index in [0.29, 0.717) is 6.61 Å². The summed E-state index contributed by atoms with van der Waals surface area (Å²) in [6.45, 7) is 5.05. The molecule has 0 aromatic rings. The van der Waals surface area contributed by atoms with Gasteiger partial charge in [-0.2, -0.15) is 0 Å². The number of aliphatic hydroxyl groups excluding tert-OH is 1. The van der Waals surface area contributed by atoms with Gasteiger partial charge in [0.25, 0.3) is 0 Å². The Balaban J connectivity index is 0. The standard InChI is InChI=1S/C17H36O.H3N/c1-3-4-5-6-7-8-11-14-17(2)15-12-9-10-13-16-18;/h17-18H,3-16H2,1-2H3;1H3. The summed E-state index contributed by atoms with van der Waals surface area (Å²) in [5, 5.41) is 8.70. The van der Waals surface area contributed by atoms with Gasteiger partial charge < -0.3 is 11.3 Å². The Hall–Kier alpha value is -0.0800. The van der Waals surface area contributed by atoms with Gasteiger partial charge in [-0.3, -0.25) is 0 Å². The summed E-state index contributed by atoms with van der Waals surface area (Å²) in [5.74, 6) is 0.912. The molecule has 0 aromatic heterocycles. The highest BCUT2D eigenvalue weighted by Crippen LogP contribution is 2.18. The van der Waals surface area contributed by atoms with Gasteiger partial charge >= 0.3 is 0 Å². The van der Waals surface area contributed by atoms with Crippen LogP contribution in [0.4, 0.5) is 0 Å². The van der Waals surface area contributed by atoms with Crippen LogP contribution in [0.25, 0.3) is 0 Å². The van der Waals surface area contributed by atoms with Crippen LogP contribution >= 0.6 is 0 Å². The smallest absolute Gasteiger partial charge is 0.0431 e. The van der Waals surface area contributed by atoms with Crippen LogP contribution in [0.3, 0.4) is 0 Å². The molecular weight excluding hydrogens is 234 g/mol. The fourth-order valence-electron chi connectivity index (χ4n) is 2.55. The van der Waals surface area contributed by atoms with Crippen LogP contribution in [0.1, 0.15) is 97.3 Å². The van der Waals surface area contributed by atoms with Crippen molar-refractivity contribution >= 4 is 0 Å². The van der Waals surface area contributed by atoms with Crippen LogP contribution in [-0.4, -0.2) is 11.7 Å². The molecule has 0 aliphatic rings. The van der Waals surface area contributed by atoms with Gasteiger partial charge in [0, 0.05) is 6.61 Å². The lowest BCUT2D eigenvalue weighted by Crippen LogP contribution is -1.95. The van der Waals surface area contributed by atoms with Gasteiger partial charge in [-0.05, 0) is 12.3 Å². The zero-order chi connectivity index (χ0) is 13.5. The third-order valence-electron chi connectivity index (χ3n) is 3.91. The van der Waals surface area contributed by atoms with Crippen molar-refractivity contribution in [3.8, 4) is 0 Å². The molecule has 19 heavy (non-hydrogen) atoms. The molecule has 4 N–H and O–H groups in total. The van der Waals surface area contributed by atoms with Gasteiger partial charge in [0.2, 0.25) is 0 Å². The molecule has 0 rings (SSSR count). The summed E-state index contributed by atoms with van der Waals surface area (Å²) in [5.41, 5.74) is 0. The summed E-state index contributed by atoms with van der Waals surface area (Å²) < 4.78 is 0. The number of aliphatic hydroxyl groups is 1. The number of hydrogen-bond donors (Lipinski definition) is 2. The molecule has 0 radical (unpaired) electrons. The van der Waals surface area contributed by atoms with E-state index in [-0.39, 0.29) is 6.15 Å². The van der Waals surface area contributed by atoms with E-state index in [9.17, 15) is 0 Å². The second-order valence-corrected chi connectivity index (χ2v) is 5.94. The van der Waals surface area contributed by atoms with Crippen molar-refractivity contribution in [3.05, 3.63) is 0 Å². The molecule has 118 valence electrons. The molecule has 1 unspecified atom stereocenters.